The minimum Gasteiger partial charge on any atom is -0.479 e. The molecule has 4 nitrogen and oxygen atoms in total. The van der Waals surface area contributed by atoms with Crippen LogP contribution in [0.25, 0.3) is 0 Å². The summed E-state index contributed by atoms with van der Waals surface area (Å²) in [5.74, 6) is -0.0105. The molecule has 6 heteroatoms. The Labute approximate surface area is 131 Å². The summed E-state index contributed by atoms with van der Waals surface area (Å²) in [4.78, 5) is 17.7. The van der Waals surface area contributed by atoms with Gasteiger partial charge in [0.1, 0.15) is 5.75 Å². The fraction of sp³-hybridized carbons (Fsp3) is 0.200. The second-order valence-electron chi connectivity index (χ2n) is 4.28. The van der Waals surface area contributed by atoms with Crippen molar-refractivity contribution in [3.63, 3.8) is 0 Å². The lowest BCUT2D eigenvalue weighted by Gasteiger charge is -2.11. The van der Waals surface area contributed by atoms with Gasteiger partial charge in [-0.2, -0.15) is 0 Å². The Bertz CT molecular complexity index is 623. The Hall–Kier alpha value is -1.85. The first kappa shape index (κ1) is 15.5. The zero-order valence-corrected chi connectivity index (χ0v) is 13.1. The van der Waals surface area contributed by atoms with Gasteiger partial charge in [-0.1, -0.05) is 22.8 Å². The summed E-state index contributed by atoms with van der Waals surface area (Å²) in [5.41, 5.74) is 0.650. The summed E-state index contributed by atoms with van der Waals surface area (Å²) in [6, 6.07) is 10.6. The number of benzene rings is 1. The van der Waals surface area contributed by atoms with Crippen LogP contribution in [0.4, 0.5) is 0 Å². The van der Waals surface area contributed by atoms with Gasteiger partial charge in [0.15, 0.2) is 6.10 Å². The van der Waals surface area contributed by atoms with Gasteiger partial charge in [-0.05, 0) is 49.6 Å². The molecule has 0 aliphatic rings. The molecule has 0 bridgehead atoms. The van der Waals surface area contributed by atoms with Crippen LogP contribution < -0.4 is 4.74 Å². The maximum absolute atomic E-state index is 11.8. The summed E-state index contributed by atoms with van der Waals surface area (Å²) >= 11 is 7.31. The molecule has 0 spiro atoms. The van der Waals surface area contributed by atoms with E-state index in [1.54, 1.807) is 38.1 Å². The number of oxime groups is 1. The maximum Gasteiger partial charge on any atom is 0.374 e. The van der Waals surface area contributed by atoms with Gasteiger partial charge < -0.3 is 9.57 Å². The number of rotatable bonds is 5. The number of hydrogen-bond acceptors (Lipinski definition) is 5. The maximum atomic E-state index is 11.8. The lowest BCUT2D eigenvalue weighted by molar-refractivity contribution is -0.151. The standard InChI is InChI=1S/C15H14ClNO3S/c1-10(14-4-3-9-21-14)17-20-15(18)11(2)19-13-7-5-12(16)6-8-13/h3-9,11H,1-2H3. The molecule has 110 valence electrons. The molecular formula is C15H14ClNO3S. The van der Waals surface area contributed by atoms with E-state index in [1.807, 2.05) is 17.5 Å². The Morgan fingerprint density at radius 3 is 2.62 bits per heavy atom. The van der Waals surface area contributed by atoms with E-state index in [-0.39, 0.29) is 0 Å². The van der Waals surface area contributed by atoms with Crippen molar-refractivity contribution >= 4 is 34.6 Å². The smallest absolute Gasteiger partial charge is 0.374 e. The van der Waals surface area contributed by atoms with Gasteiger partial charge in [0.25, 0.3) is 0 Å². The molecule has 2 aromatic rings. The van der Waals surface area contributed by atoms with Crippen molar-refractivity contribution in [2.24, 2.45) is 5.16 Å². The summed E-state index contributed by atoms with van der Waals surface area (Å²) in [5, 5.41) is 6.36. The van der Waals surface area contributed by atoms with E-state index in [0.717, 1.165) is 4.88 Å². The molecule has 21 heavy (non-hydrogen) atoms. The van der Waals surface area contributed by atoms with Crippen LogP contribution in [0.2, 0.25) is 5.02 Å². The third kappa shape index (κ3) is 4.58. The predicted octanol–water partition coefficient (Wildman–Crippen LogP) is 4.14. The quantitative estimate of drug-likeness (QED) is 0.472. The Kier molecular flexibility index (Phi) is 5.36. The Morgan fingerprint density at radius 1 is 1.29 bits per heavy atom. The molecule has 1 aromatic carbocycles. The summed E-state index contributed by atoms with van der Waals surface area (Å²) in [7, 11) is 0. The average Bonchev–Trinajstić information content (AvgIpc) is 3.01. The van der Waals surface area contributed by atoms with Crippen molar-refractivity contribution in [1.29, 1.82) is 0 Å². The monoisotopic (exact) mass is 323 g/mol. The van der Waals surface area contributed by atoms with Crippen molar-refractivity contribution in [2.45, 2.75) is 20.0 Å². The number of carbonyl (C=O) groups is 1. The molecule has 0 aliphatic heterocycles. The van der Waals surface area contributed by atoms with Crippen LogP contribution in [0.5, 0.6) is 5.75 Å². The number of nitrogens with zero attached hydrogens (tertiary/aromatic N) is 1. The van der Waals surface area contributed by atoms with Crippen molar-refractivity contribution in [3.05, 3.63) is 51.7 Å². The van der Waals surface area contributed by atoms with Crippen LogP contribution in [0, 0.1) is 0 Å². The molecule has 0 fully saturated rings. The first-order valence-electron chi connectivity index (χ1n) is 6.28. The number of halogens is 1. The SMILES string of the molecule is CC(=NOC(=O)C(C)Oc1ccc(Cl)cc1)c1cccs1. The van der Waals surface area contributed by atoms with E-state index in [1.165, 1.54) is 11.3 Å². The van der Waals surface area contributed by atoms with Crippen LogP contribution in [-0.4, -0.2) is 17.8 Å². The number of ether oxygens (including phenoxy) is 1. The zero-order chi connectivity index (χ0) is 15.2. The van der Waals surface area contributed by atoms with Crippen molar-refractivity contribution in [1.82, 2.24) is 0 Å². The highest BCUT2D eigenvalue weighted by atomic mass is 35.5. The molecule has 0 aliphatic carbocycles. The highest BCUT2D eigenvalue weighted by molar-refractivity contribution is 7.12. The van der Waals surface area contributed by atoms with Crippen molar-refractivity contribution in [2.75, 3.05) is 0 Å². The minimum absolute atomic E-state index is 0.544. The van der Waals surface area contributed by atoms with Gasteiger partial charge >= 0.3 is 5.97 Å². The zero-order valence-electron chi connectivity index (χ0n) is 11.6. The minimum atomic E-state index is -0.758. The third-order valence-corrected chi connectivity index (χ3v) is 3.84. The van der Waals surface area contributed by atoms with Crippen molar-refractivity contribution in [3.8, 4) is 5.75 Å². The Morgan fingerprint density at radius 2 is 2.00 bits per heavy atom. The third-order valence-electron chi connectivity index (χ3n) is 2.61. The number of hydrogen-bond donors (Lipinski definition) is 0. The molecule has 0 radical (unpaired) electrons. The molecule has 1 unspecified atom stereocenters. The van der Waals surface area contributed by atoms with Gasteiger partial charge in [-0.15, -0.1) is 11.3 Å². The summed E-state index contributed by atoms with van der Waals surface area (Å²) in [6.07, 6.45) is -0.758. The van der Waals surface area contributed by atoms with Gasteiger partial charge in [0, 0.05) is 5.02 Å². The first-order chi connectivity index (χ1) is 10.1. The van der Waals surface area contributed by atoms with E-state index in [2.05, 4.69) is 5.16 Å². The lowest BCUT2D eigenvalue weighted by Crippen LogP contribution is -2.25. The average molecular weight is 324 g/mol. The molecule has 1 atom stereocenters. The van der Waals surface area contributed by atoms with Crippen LogP contribution in [0.1, 0.15) is 18.7 Å². The van der Waals surface area contributed by atoms with Gasteiger partial charge in [0.2, 0.25) is 0 Å². The molecular weight excluding hydrogens is 310 g/mol. The second-order valence-corrected chi connectivity index (χ2v) is 5.66. The van der Waals surface area contributed by atoms with Crippen LogP contribution in [0.3, 0.4) is 0 Å². The normalized spacial score (nSPS) is 12.8. The fourth-order valence-corrected chi connectivity index (χ4v) is 2.28. The Balaban J connectivity index is 1.90. The topological polar surface area (TPSA) is 47.9 Å². The molecule has 0 saturated heterocycles. The fourth-order valence-electron chi connectivity index (χ4n) is 1.48. The molecule has 2 rings (SSSR count). The molecule has 0 amide bonds. The molecule has 1 aromatic heterocycles. The van der Waals surface area contributed by atoms with E-state index in [9.17, 15) is 4.79 Å². The molecule has 1 heterocycles. The van der Waals surface area contributed by atoms with E-state index < -0.39 is 12.1 Å². The van der Waals surface area contributed by atoms with Crippen molar-refractivity contribution < 1.29 is 14.4 Å². The number of carbonyl (C=O) groups excluding carboxylic acids is 1. The van der Waals surface area contributed by atoms with Crippen LogP contribution in [0.15, 0.2) is 46.9 Å². The van der Waals surface area contributed by atoms with E-state index in [0.29, 0.717) is 16.5 Å². The van der Waals surface area contributed by atoms with Gasteiger partial charge in [-0.25, -0.2) is 4.79 Å². The highest BCUT2D eigenvalue weighted by Gasteiger charge is 2.17. The molecule has 0 saturated carbocycles. The summed E-state index contributed by atoms with van der Waals surface area (Å²) in [6.45, 7) is 3.39. The van der Waals surface area contributed by atoms with Crippen LogP contribution in [-0.2, 0) is 9.63 Å². The van der Waals surface area contributed by atoms with E-state index in [4.69, 9.17) is 21.2 Å². The van der Waals surface area contributed by atoms with Gasteiger partial charge in [-0.3, -0.25) is 0 Å². The largest absolute Gasteiger partial charge is 0.479 e. The predicted molar refractivity (Wildman–Crippen MR) is 84.2 cm³/mol. The highest BCUT2D eigenvalue weighted by Crippen LogP contribution is 2.17. The second kappa shape index (κ2) is 7.24. The van der Waals surface area contributed by atoms with Crippen LogP contribution >= 0.6 is 22.9 Å². The van der Waals surface area contributed by atoms with E-state index >= 15 is 0 Å². The van der Waals surface area contributed by atoms with Gasteiger partial charge in [0.05, 0.1) is 10.6 Å². The summed E-state index contributed by atoms with van der Waals surface area (Å²) < 4.78 is 5.45. The molecule has 0 N–H and O–H groups in total. The first-order valence-corrected chi connectivity index (χ1v) is 7.53. The number of thiophene rings is 1. The lowest BCUT2D eigenvalue weighted by atomic mass is 10.3.